The van der Waals surface area contributed by atoms with Crippen LogP contribution in [0, 0.1) is 5.82 Å². The van der Waals surface area contributed by atoms with Crippen molar-refractivity contribution in [2.75, 3.05) is 14.2 Å². The van der Waals surface area contributed by atoms with Crippen molar-refractivity contribution >= 4 is 0 Å². The van der Waals surface area contributed by atoms with E-state index < -0.39 is 6.04 Å². The summed E-state index contributed by atoms with van der Waals surface area (Å²) in [5, 5.41) is 0. The van der Waals surface area contributed by atoms with Crippen molar-refractivity contribution in [3.05, 3.63) is 59.4 Å². The van der Waals surface area contributed by atoms with Crippen LogP contribution in [0.2, 0.25) is 0 Å². The van der Waals surface area contributed by atoms with Gasteiger partial charge in [0.25, 0.3) is 0 Å². The van der Waals surface area contributed by atoms with Crippen LogP contribution in [0.5, 0.6) is 11.5 Å². The van der Waals surface area contributed by atoms with E-state index in [4.69, 9.17) is 15.2 Å². The summed E-state index contributed by atoms with van der Waals surface area (Å²) in [6.45, 7) is 0. The van der Waals surface area contributed by atoms with Crippen molar-refractivity contribution in [2.45, 2.75) is 6.04 Å². The number of halogens is 1. The van der Waals surface area contributed by atoms with E-state index in [1.165, 1.54) is 12.1 Å². The van der Waals surface area contributed by atoms with Gasteiger partial charge in [0.2, 0.25) is 0 Å². The highest BCUT2D eigenvalue weighted by Gasteiger charge is 2.15. The predicted octanol–water partition coefficient (Wildman–Crippen LogP) is 2.89. The second kappa shape index (κ2) is 5.71. The minimum Gasteiger partial charge on any atom is -0.497 e. The van der Waals surface area contributed by atoms with Gasteiger partial charge in [-0.2, -0.15) is 0 Å². The van der Waals surface area contributed by atoms with E-state index in [0.29, 0.717) is 17.1 Å². The Bertz CT molecular complexity index is 572. The summed E-state index contributed by atoms with van der Waals surface area (Å²) >= 11 is 0. The first kappa shape index (κ1) is 13.4. The van der Waals surface area contributed by atoms with E-state index in [1.54, 1.807) is 44.6 Å². The Kier molecular flexibility index (Phi) is 4.02. The zero-order valence-electron chi connectivity index (χ0n) is 10.9. The maximum Gasteiger partial charge on any atom is 0.124 e. The molecule has 100 valence electrons. The molecule has 4 heteroatoms. The van der Waals surface area contributed by atoms with Crippen molar-refractivity contribution in [3.63, 3.8) is 0 Å². The van der Waals surface area contributed by atoms with E-state index in [-0.39, 0.29) is 5.82 Å². The lowest BCUT2D eigenvalue weighted by Crippen LogP contribution is -2.13. The first-order valence-electron chi connectivity index (χ1n) is 5.88. The Hall–Kier alpha value is -2.07. The summed E-state index contributed by atoms with van der Waals surface area (Å²) in [5.74, 6) is 1.02. The summed E-state index contributed by atoms with van der Waals surface area (Å²) in [6, 6.07) is 11.1. The lowest BCUT2D eigenvalue weighted by Gasteiger charge is -2.17. The number of nitrogens with two attached hydrogens (primary N) is 1. The topological polar surface area (TPSA) is 44.5 Å². The van der Waals surface area contributed by atoms with Crippen LogP contribution in [0.1, 0.15) is 17.2 Å². The fraction of sp³-hybridized carbons (Fsp3) is 0.200. The smallest absolute Gasteiger partial charge is 0.124 e. The van der Waals surface area contributed by atoms with E-state index in [1.807, 2.05) is 0 Å². The molecule has 0 aliphatic heterocycles. The second-order valence-corrected chi connectivity index (χ2v) is 4.14. The maximum absolute atomic E-state index is 13.3. The van der Waals surface area contributed by atoms with Gasteiger partial charge in [0.15, 0.2) is 0 Å². The molecule has 0 saturated carbocycles. The standard InChI is InChI=1S/C15H16FNO2/c1-18-12-6-7-14(19-2)13(9-12)15(17)10-4-3-5-11(16)8-10/h3-9,15H,17H2,1-2H3. The molecule has 0 fully saturated rings. The van der Waals surface area contributed by atoms with Gasteiger partial charge in [-0.05, 0) is 35.9 Å². The molecule has 2 rings (SSSR count). The molecule has 1 atom stereocenters. The van der Waals surface area contributed by atoms with E-state index in [2.05, 4.69) is 0 Å². The molecule has 2 aromatic rings. The number of hydrogen-bond acceptors (Lipinski definition) is 3. The lowest BCUT2D eigenvalue weighted by atomic mass is 9.98. The van der Waals surface area contributed by atoms with Crippen LogP contribution >= 0.6 is 0 Å². The molecule has 3 nitrogen and oxygen atoms in total. The first-order chi connectivity index (χ1) is 9.15. The fourth-order valence-corrected chi connectivity index (χ4v) is 1.96. The zero-order chi connectivity index (χ0) is 13.8. The molecule has 0 bridgehead atoms. The number of rotatable bonds is 4. The molecule has 0 radical (unpaired) electrons. The average molecular weight is 261 g/mol. The molecule has 0 saturated heterocycles. The molecule has 2 N–H and O–H groups in total. The van der Waals surface area contributed by atoms with E-state index in [9.17, 15) is 4.39 Å². The summed E-state index contributed by atoms with van der Waals surface area (Å²) < 4.78 is 23.7. The van der Waals surface area contributed by atoms with Crippen LogP contribution in [-0.2, 0) is 0 Å². The average Bonchev–Trinajstić information content (AvgIpc) is 2.45. The maximum atomic E-state index is 13.3. The molecule has 0 amide bonds. The minimum atomic E-state index is -0.472. The second-order valence-electron chi connectivity index (χ2n) is 4.14. The fourth-order valence-electron chi connectivity index (χ4n) is 1.96. The first-order valence-corrected chi connectivity index (χ1v) is 5.88. The largest absolute Gasteiger partial charge is 0.497 e. The van der Waals surface area contributed by atoms with Gasteiger partial charge in [0.1, 0.15) is 17.3 Å². The van der Waals surface area contributed by atoms with Crippen LogP contribution in [0.25, 0.3) is 0 Å². The molecule has 0 aromatic heterocycles. The minimum absolute atomic E-state index is 0.310. The Balaban J connectivity index is 2.44. The molecule has 0 aliphatic carbocycles. The third kappa shape index (κ3) is 2.85. The van der Waals surface area contributed by atoms with Gasteiger partial charge in [-0.25, -0.2) is 4.39 Å². The van der Waals surface area contributed by atoms with Crippen molar-refractivity contribution in [2.24, 2.45) is 5.73 Å². The number of methoxy groups -OCH3 is 2. The number of hydrogen-bond donors (Lipinski definition) is 1. The summed E-state index contributed by atoms with van der Waals surface area (Å²) in [5.41, 5.74) is 7.63. The Morgan fingerprint density at radius 1 is 1.05 bits per heavy atom. The highest BCUT2D eigenvalue weighted by atomic mass is 19.1. The highest BCUT2D eigenvalue weighted by Crippen LogP contribution is 2.31. The zero-order valence-corrected chi connectivity index (χ0v) is 10.9. The molecular formula is C15H16FNO2. The van der Waals surface area contributed by atoms with Crippen LogP contribution in [0.3, 0.4) is 0 Å². The van der Waals surface area contributed by atoms with Gasteiger partial charge in [-0.15, -0.1) is 0 Å². The molecule has 0 heterocycles. The Morgan fingerprint density at radius 2 is 1.84 bits per heavy atom. The van der Waals surface area contributed by atoms with Gasteiger partial charge >= 0.3 is 0 Å². The van der Waals surface area contributed by atoms with Gasteiger partial charge in [-0.1, -0.05) is 12.1 Å². The van der Waals surface area contributed by atoms with Crippen molar-refractivity contribution in [1.29, 1.82) is 0 Å². The van der Waals surface area contributed by atoms with Gasteiger partial charge in [-0.3, -0.25) is 0 Å². The van der Waals surface area contributed by atoms with Gasteiger partial charge < -0.3 is 15.2 Å². The predicted molar refractivity (Wildman–Crippen MR) is 72.0 cm³/mol. The Labute approximate surface area is 111 Å². The van der Waals surface area contributed by atoms with Crippen molar-refractivity contribution in [3.8, 4) is 11.5 Å². The normalized spacial score (nSPS) is 12.0. The highest BCUT2D eigenvalue weighted by molar-refractivity contribution is 5.45. The van der Waals surface area contributed by atoms with Crippen LogP contribution < -0.4 is 15.2 Å². The van der Waals surface area contributed by atoms with E-state index >= 15 is 0 Å². The monoisotopic (exact) mass is 261 g/mol. The van der Waals surface area contributed by atoms with Crippen molar-refractivity contribution < 1.29 is 13.9 Å². The molecule has 0 spiro atoms. The third-order valence-electron chi connectivity index (χ3n) is 2.98. The molecule has 2 aromatic carbocycles. The quantitative estimate of drug-likeness (QED) is 0.920. The number of benzene rings is 2. The number of ether oxygens (including phenoxy) is 2. The Morgan fingerprint density at radius 3 is 2.47 bits per heavy atom. The van der Waals surface area contributed by atoms with Crippen LogP contribution in [0.15, 0.2) is 42.5 Å². The molecule has 19 heavy (non-hydrogen) atoms. The lowest BCUT2D eigenvalue weighted by molar-refractivity contribution is 0.397. The van der Waals surface area contributed by atoms with Gasteiger partial charge in [0.05, 0.1) is 20.3 Å². The van der Waals surface area contributed by atoms with E-state index in [0.717, 1.165) is 5.56 Å². The molecular weight excluding hydrogens is 245 g/mol. The van der Waals surface area contributed by atoms with Crippen LogP contribution in [-0.4, -0.2) is 14.2 Å². The van der Waals surface area contributed by atoms with Crippen molar-refractivity contribution in [1.82, 2.24) is 0 Å². The summed E-state index contributed by atoms with van der Waals surface area (Å²) in [4.78, 5) is 0. The van der Waals surface area contributed by atoms with Crippen LogP contribution in [0.4, 0.5) is 4.39 Å². The summed E-state index contributed by atoms with van der Waals surface area (Å²) in [7, 11) is 3.16. The van der Waals surface area contributed by atoms with Gasteiger partial charge in [0, 0.05) is 5.56 Å². The summed E-state index contributed by atoms with van der Waals surface area (Å²) in [6.07, 6.45) is 0. The third-order valence-corrected chi connectivity index (χ3v) is 2.98. The SMILES string of the molecule is COc1ccc(OC)c(C(N)c2cccc(F)c2)c1. The molecule has 1 unspecified atom stereocenters. The molecule has 0 aliphatic rings.